The zero-order chi connectivity index (χ0) is 21.4. The molecule has 2 aromatic rings. The fourth-order valence-corrected chi connectivity index (χ4v) is 3.24. The molecule has 0 bridgehead atoms. The average molecular weight is 396 g/mol. The molecule has 2 amide bonds. The highest BCUT2D eigenvalue weighted by molar-refractivity contribution is 6.07. The van der Waals surface area contributed by atoms with Gasteiger partial charge in [0.05, 0.1) is 7.11 Å². The number of para-hydroxylation sites is 1. The van der Waals surface area contributed by atoms with Crippen molar-refractivity contribution in [1.29, 1.82) is 0 Å². The molecule has 0 aromatic heterocycles. The second-order valence-corrected chi connectivity index (χ2v) is 6.83. The molecule has 1 N–H and O–H groups in total. The van der Waals surface area contributed by atoms with E-state index in [9.17, 15) is 14.4 Å². The minimum atomic E-state index is -0.728. The standard InChI is InChI=1S/C23H28N2O4/c1-5-16(6-2)20(23(28)29-4)24-21(26)17-11-10-12-18(15-17)22(27)25(3)19-13-8-7-9-14-19/h7-16,20H,5-6H2,1-4H3,(H,24,26)/t20-/m1/s1. The van der Waals surface area contributed by atoms with Crippen LogP contribution in [0.3, 0.4) is 0 Å². The van der Waals surface area contributed by atoms with Crippen molar-refractivity contribution in [3.05, 3.63) is 65.7 Å². The fraction of sp³-hybridized carbons (Fsp3) is 0.348. The fourth-order valence-electron chi connectivity index (χ4n) is 3.24. The van der Waals surface area contributed by atoms with E-state index in [1.165, 1.54) is 12.0 Å². The number of carbonyl (C=O) groups is 3. The Morgan fingerprint density at radius 2 is 1.59 bits per heavy atom. The van der Waals surface area contributed by atoms with Crippen LogP contribution in [0.2, 0.25) is 0 Å². The summed E-state index contributed by atoms with van der Waals surface area (Å²) in [5.74, 6) is -1.14. The molecule has 0 fully saturated rings. The van der Waals surface area contributed by atoms with Crippen molar-refractivity contribution in [3.63, 3.8) is 0 Å². The van der Waals surface area contributed by atoms with Crippen molar-refractivity contribution in [2.45, 2.75) is 32.7 Å². The first-order valence-electron chi connectivity index (χ1n) is 9.74. The first kappa shape index (κ1) is 22.1. The molecule has 1 atom stereocenters. The van der Waals surface area contributed by atoms with Crippen LogP contribution >= 0.6 is 0 Å². The molecule has 2 aromatic carbocycles. The molecule has 0 aliphatic heterocycles. The van der Waals surface area contributed by atoms with E-state index in [2.05, 4.69) is 5.32 Å². The zero-order valence-corrected chi connectivity index (χ0v) is 17.3. The van der Waals surface area contributed by atoms with Crippen LogP contribution < -0.4 is 10.2 Å². The normalized spacial score (nSPS) is 11.6. The molecule has 29 heavy (non-hydrogen) atoms. The van der Waals surface area contributed by atoms with E-state index in [-0.39, 0.29) is 11.8 Å². The number of ether oxygens (including phenoxy) is 1. The molecule has 0 aliphatic carbocycles. The first-order chi connectivity index (χ1) is 13.9. The Bertz CT molecular complexity index is 847. The van der Waals surface area contributed by atoms with E-state index in [0.29, 0.717) is 11.1 Å². The summed E-state index contributed by atoms with van der Waals surface area (Å²) in [5.41, 5.74) is 1.46. The third kappa shape index (κ3) is 5.44. The first-order valence-corrected chi connectivity index (χ1v) is 9.74. The van der Waals surface area contributed by atoms with Gasteiger partial charge in [0.1, 0.15) is 6.04 Å². The minimum absolute atomic E-state index is 0.0274. The number of methoxy groups -OCH3 is 1. The van der Waals surface area contributed by atoms with Crippen molar-refractivity contribution >= 4 is 23.5 Å². The maximum absolute atomic E-state index is 12.8. The SMILES string of the molecule is CCC(CC)[C@@H](NC(=O)c1cccc(C(=O)N(C)c2ccccc2)c1)C(=O)OC. The third-order valence-corrected chi connectivity index (χ3v) is 5.08. The lowest BCUT2D eigenvalue weighted by Crippen LogP contribution is -2.46. The van der Waals surface area contributed by atoms with Crippen LogP contribution in [0.25, 0.3) is 0 Å². The highest BCUT2D eigenvalue weighted by Crippen LogP contribution is 2.18. The highest BCUT2D eigenvalue weighted by Gasteiger charge is 2.29. The molecule has 154 valence electrons. The number of rotatable bonds is 8. The molecule has 0 saturated heterocycles. The van der Waals surface area contributed by atoms with Gasteiger partial charge in [-0.25, -0.2) is 4.79 Å². The van der Waals surface area contributed by atoms with E-state index in [0.717, 1.165) is 18.5 Å². The number of esters is 1. The van der Waals surface area contributed by atoms with Gasteiger partial charge in [0.25, 0.3) is 11.8 Å². The summed E-state index contributed by atoms with van der Waals surface area (Å²) in [7, 11) is 2.99. The monoisotopic (exact) mass is 396 g/mol. The Morgan fingerprint density at radius 1 is 0.966 bits per heavy atom. The Balaban J connectivity index is 2.22. The van der Waals surface area contributed by atoms with E-state index < -0.39 is 17.9 Å². The van der Waals surface area contributed by atoms with Crippen LogP contribution in [0.1, 0.15) is 47.4 Å². The number of amides is 2. The van der Waals surface area contributed by atoms with Gasteiger partial charge in [-0.2, -0.15) is 0 Å². The smallest absolute Gasteiger partial charge is 0.328 e. The summed E-state index contributed by atoms with van der Waals surface area (Å²) in [6.07, 6.45) is 1.47. The molecule has 0 unspecified atom stereocenters. The molecule has 6 heteroatoms. The van der Waals surface area contributed by atoms with E-state index in [4.69, 9.17) is 4.74 Å². The Kier molecular flexibility index (Phi) is 7.95. The molecular weight excluding hydrogens is 368 g/mol. The largest absolute Gasteiger partial charge is 0.467 e. The number of hydrogen-bond acceptors (Lipinski definition) is 4. The predicted molar refractivity (Wildman–Crippen MR) is 113 cm³/mol. The second-order valence-electron chi connectivity index (χ2n) is 6.83. The van der Waals surface area contributed by atoms with Crippen LogP contribution in [0.5, 0.6) is 0 Å². The number of benzene rings is 2. The highest BCUT2D eigenvalue weighted by atomic mass is 16.5. The maximum Gasteiger partial charge on any atom is 0.328 e. The molecule has 0 aliphatic rings. The van der Waals surface area contributed by atoms with Gasteiger partial charge in [-0.15, -0.1) is 0 Å². The van der Waals surface area contributed by atoms with Gasteiger partial charge in [0, 0.05) is 23.9 Å². The van der Waals surface area contributed by atoms with Crippen molar-refractivity contribution in [1.82, 2.24) is 5.32 Å². The molecule has 0 radical (unpaired) electrons. The van der Waals surface area contributed by atoms with Crippen molar-refractivity contribution in [3.8, 4) is 0 Å². The number of hydrogen-bond donors (Lipinski definition) is 1. The van der Waals surface area contributed by atoms with Crippen LogP contribution in [-0.4, -0.2) is 38.0 Å². The lowest BCUT2D eigenvalue weighted by atomic mass is 9.93. The zero-order valence-electron chi connectivity index (χ0n) is 17.3. The van der Waals surface area contributed by atoms with Gasteiger partial charge in [-0.05, 0) is 36.2 Å². The summed E-state index contributed by atoms with van der Waals surface area (Å²) < 4.78 is 4.86. The lowest BCUT2D eigenvalue weighted by Gasteiger charge is -2.24. The number of carbonyl (C=O) groups excluding carboxylic acids is 3. The maximum atomic E-state index is 12.8. The van der Waals surface area contributed by atoms with Gasteiger partial charge in [-0.1, -0.05) is 51.0 Å². The minimum Gasteiger partial charge on any atom is -0.467 e. The van der Waals surface area contributed by atoms with Gasteiger partial charge in [-0.3, -0.25) is 9.59 Å². The average Bonchev–Trinajstić information content (AvgIpc) is 2.78. The summed E-state index contributed by atoms with van der Waals surface area (Å²) >= 11 is 0. The number of anilines is 1. The van der Waals surface area contributed by atoms with Crippen LogP contribution in [0.4, 0.5) is 5.69 Å². The summed E-state index contributed by atoms with van der Waals surface area (Å²) in [6.45, 7) is 3.93. The van der Waals surface area contributed by atoms with Gasteiger partial charge >= 0.3 is 5.97 Å². The van der Waals surface area contributed by atoms with Crippen LogP contribution in [0.15, 0.2) is 54.6 Å². The van der Waals surface area contributed by atoms with Crippen molar-refractivity contribution < 1.29 is 19.1 Å². The summed E-state index contributed by atoms with van der Waals surface area (Å²) in [6, 6.07) is 15.0. The third-order valence-electron chi connectivity index (χ3n) is 5.08. The molecule has 2 rings (SSSR count). The number of nitrogens with one attached hydrogen (secondary N) is 1. The number of nitrogens with zero attached hydrogens (tertiary/aromatic N) is 1. The Labute approximate surface area is 171 Å². The lowest BCUT2D eigenvalue weighted by molar-refractivity contribution is -0.144. The van der Waals surface area contributed by atoms with E-state index in [1.807, 2.05) is 44.2 Å². The topological polar surface area (TPSA) is 75.7 Å². The molecule has 6 nitrogen and oxygen atoms in total. The quantitative estimate of drug-likeness (QED) is 0.691. The van der Waals surface area contributed by atoms with E-state index >= 15 is 0 Å². The molecule has 0 heterocycles. The molecular formula is C23H28N2O4. The van der Waals surface area contributed by atoms with Gasteiger partial charge < -0.3 is 15.0 Å². The second kappa shape index (κ2) is 10.4. The van der Waals surface area contributed by atoms with Crippen LogP contribution in [-0.2, 0) is 9.53 Å². The van der Waals surface area contributed by atoms with Crippen molar-refractivity contribution in [2.24, 2.45) is 5.92 Å². The molecule has 0 saturated carbocycles. The Morgan fingerprint density at radius 3 is 2.17 bits per heavy atom. The predicted octanol–water partition coefficient (Wildman–Crippen LogP) is 3.67. The van der Waals surface area contributed by atoms with Gasteiger partial charge in [0.2, 0.25) is 0 Å². The van der Waals surface area contributed by atoms with Gasteiger partial charge in [0.15, 0.2) is 0 Å². The summed E-state index contributed by atoms with van der Waals surface area (Å²) in [4.78, 5) is 39.3. The van der Waals surface area contributed by atoms with Crippen LogP contribution in [0, 0.1) is 5.92 Å². The summed E-state index contributed by atoms with van der Waals surface area (Å²) in [5, 5.41) is 2.77. The Hall–Kier alpha value is -3.15. The van der Waals surface area contributed by atoms with Crippen molar-refractivity contribution in [2.75, 3.05) is 19.1 Å². The van der Waals surface area contributed by atoms with E-state index in [1.54, 1.807) is 31.3 Å². The molecule has 0 spiro atoms.